The highest BCUT2D eigenvalue weighted by atomic mass is 35.5. The van der Waals surface area contributed by atoms with Crippen LogP contribution >= 0.6 is 11.6 Å². The first-order valence-electron chi connectivity index (χ1n) is 6.18. The number of aromatic nitrogens is 1. The van der Waals surface area contributed by atoms with E-state index in [1.807, 2.05) is 49.6 Å². The second kappa shape index (κ2) is 6.82. The highest BCUT2D eigenvalue weighted by Crippen LogP contribution is 2.09. The number of nitrogens with one attached hydrogen (secondary N) is 1. The summed E-state index contributed by atoms with van der Waals surface area (Å²) in [6.07, 6.45) is 3.66. The van der Waals surface area contributed by atoms with Crippen molar-refractivity contribution in [1.82, 2.24) is 5.43 Å². The largest absolute Gasteiger partial charge is 0.305 e. The first-order chi connectivity index (χ1) is 9.65. The Labute approximate surface area is 122 Å². The van der Waals surface area contributed by atoms with Crippen molar-refractivity contribution in [2.24, 2.45) is 5.10 Å². The number of hydrogen-bond acceptors (Lipinski definition) is 2. The van der Waals surface area contributed by atoms with Crippen LogP contribution in [0.5, 0.6) is 0 Å². The molecule has 0 spiro atoms. The van der Waals surface area contributed by atoms with Crippen LogP contribution in [0.2, 0.25) is 5.02 Å². The molecule has 0 saturated heterocycles. The number of benzene rings is 1. The predicted octanol–water partition coefficient (Wildman–Crippen LogP) is 2.17. The van der Waals surface area contributed by atoms with Crippen LogP contribution in [0, 0.1) is 0 Å². The molecular weight excluding hydrogens is 274 g/mol. The minimum Gasteiger partial charge on any atom is -0.266 e. The summed E-state index contributed by atoms with van der Waals surface area (Å²) in [4.78, 5) is 11.7. The van der Waals surface area contributed by atoms with Crippen molar-refractivity contribution in [3.8, 4) is 0 Å². The average molecular weight is 289 g/mol. The molecule has 0 atom stereocenters. The normalized spacial score (nSPS) is 11.2. The van der Waals surface area contributed by atoms with Gasteiger partial charge in [0.25, 0.3) is 0 Å². The van der Waals surface area contributed by atoms with Gasteiger partial charge in [-0.05, 0) is 24.6 Å². The average Bonchev–Trinajstić information content (AvgIpc) is 2.46. The molecule has 1 N–H and O–H groups in total. The minimum atomic E-state index is -0.172. The van der Waals surface area contributed by atoms with Gasteiger partial charge in [-0.2, -0.15) is 9.67 Å². The number of pyridine rings is 1. The van der Waals surface area contributed by atoms with Crippen LogP contribution < -0.4 is 9.99 Å². The number of amides is 1. The van der Waals surface area contributed by atoms with Gasteiger partial charge in [-0.25, -0.2) is 5.43 Å². The zero-order valence-corrected chi connectivity index (χ0v) is 11.8. The molecule has 0 saturated carbocycles. The van der Waals surface area contributed by atoms with E-state index in [1.54, 1.807) is 16.7 Å². The molecule has 0 unspecified atom stereocenters. The van der Waals surface area contributed by atoms with Gasteiger partial charge in [0.05, 0.1) is 5.71 Å². The van der Waals surface area contributed by atoms with Gasteiger partial charge < -0.3 is 0 Å². The fourth-order valence-corrected chi connectivity index (χ4v) is 1.77. The first-order valence-corrected chi connectivity index (χ1v) is 6.56. The summed E-state index contributed by atoms with van der Waals surface area (Å²) in [6.45, 7) is 2.07. The Hall–Kier alpha value is -2.20. The number of carbonyl (C=O) groups excluding carboxylic acids is 1. The molecule has 0 aliphatic heterocycles. The summed E-state index contributed by atoms with van der Waals surface area (Å²) in [5.74, 6) is -0.172. The van der Waals surface area contributed by atoms with Crippen molar-refractivity contribution in [2.75, 3.05) is 0 Å². The van der Waals surface area contributed by atoms with E-state index < -0.39 is 0 Å². The molecule has 20 heavy (non-hydrogen) atoms. The van der Waals surface area contributed by atoms with E-state index in [2.05, 4.69) is 10.5 Å². The van der Waals surface area contributed by atoms with Gasteiger partial charge >= 0.3 is 5.91 Å². The topological polar surface area (TPSA) is 45.3 Å². The van der Waals surface area contributed by atoms with Crippen LogP contribution in [0.15, 0.2) is 60.0 Å². The van der Waals surface area contributed by atoms with Crippen molar-refractivity contribution >= 4 is 23.2 Å². The lowest BCUT2D eigenvalue weighted by molar-refractivity contribution is -0.684. The monoisotopic (exact) mass is 288 g/mol. The lowest BCUT2D eigenvalue weighted by atomic mass is 10.1. The summed E-state index contributed by atoms with van der Waals surface area (Å²) < 4.78 is 1.78. The number of rotatable bonds is 4. The summed E-state index contributed by atoms with van der Waals surface area (Å²) >= 11 is 5.82. The molecule has 0 radical (unpaired) electrons. The number of nitrogens with zero attached hydrogens (tertiary/aromatic N) is 2. The fraction of sp³-hybridized carbons (Fsp3) is 0.133. The van der Waals surface area contributed by atoms with Gasteiger partial charge in [-0.15, -0.1) is 0 Å². The molecule has 5 heteroatoms. The van der Waals surface area contributed by atoms with Crippen LogP contribution in [0.25, 0.3) is 0 Å². The zero-order chi connectivity index (χ0) is 14.4. The lowest BCUT2D eigenvalue weighted by Crippen LogP contribution is -2.41. The quantitative estimate of drug-likeness (QED) is 0.523. The van der Waals surface area contributed by atoms with E-state index in [0.29, 0.717) is 5.02 Å². The van der Waals surface area contributed by atoms with E-state index in [-0.39, 0.29) is 12.5 Å². The van der Waals surface area contributed by atoms with Gasteiger partial charge in [0.1, 0.15) is 0 Å². The third kappa shape index (κ3) is 4.17. The summed E-state index contributed by atoms with van der Waals surface area (Å²) in [7, 11) is 0. The number of hydrazone groups is 1. The van der Waals surface area contributed by atoms with Gasteiger partial charge in [0, 0.05) is 17.2 Å². The molecule has 0 bridgehead atoms. The SMILES string of the molecule is CC(=NNC(=O)C[n+]1ccccc1)c1ccc(Cl)cc1. The molecule has 1 aromatic carbocycles. The van der Waals surface area contributed by atoms with Crippen molar-refractivity contribution < 1.29 is 9.36 Å². The highest BCUT2D eigenvalue weighted by molar-refractivity contribution is 6.30. The highest BCUT2D eigenvalue weighted by Gasteiger charge is 2.07. The second-order valence-electron chi connectivity index (χ2n) is 4.29. The maximum atomic E-state index is 11.7. The van der Waals surface area contributed by atoms with Crippen LogP contribution in [-0.4, -0.2) is 11.6 Å². The fourth-order valence-electron chi connectivity index (χ4n) is 1.64. The van der Waals surface area contributed by atoms with E-state index in [9.17, 15) is 4.79 Å². The second-order valence-corrected chi connectivity index (χ2v) is 4.72. The van der Waals surface area contributed by atoms with Crippen LogP contribution in [0.1, 0.15) is 12.5 Å². The molecule has 1 heterocycles. The number of halogens is 1. The molecule has 1 aromatic heterocycles. The van der Waals surface area contributed by atoms with Crippen molar-refractivity contribution in [1.29, 1.82) is 0 Å². The Balaban J connectivity index is 1.95. The van der Waals surface area contributed by atoms with Gasteiger partial charge in [-0.1, -0.05) is 29.8 Å². The van der Waals surface area contributed by atoms with Crippen LogP contribution in [0.4, 0.5) is 0 Å². The van der Waals surface area contributed by atoms with E-state index in [1.165, 1.54) is 0 Å². The maximum absolute atomic E-state index is 11.7. The smallest absolute Gasteiger partial charge is 0.266 e. The van der Waals surface area contributed by atoms with Crippen LogP contribution in [0.3, 0.4) is 0 Å². The molecule has 4 nitrogen and oxygen atoms in total. The Morgan fingerprint density at radius 1 is 1.20 bits per heavy atom. The molecule has 0 aliphatic rings. The molecule has 102 valence electrons. The number of carbonyl (C=O) groups is 1. The Morgan fingerprint density at radius 2 is 1.85 bits per heavy atom. The van der Waals surface area contributed by atoms with E-state index in [0.717, 1.165) is 11.3 Å². The van der Waals surface area contributed by atoms with E-state index >= 15 is 0 Å². The van der Waals surface area contributed by atoms with Crippen molar-refractivity contribution in [3.05, 3.63) is 65.4 Å². The lowest BCUT2D eigenvalue weighted by Gasteiger charge is -2.02. The Kier molecular flexibility index (Phi) is 4.85. The minimum absolute atomic E-state index is 0.172. The summed E-state index contributed by atoms with van der Waals surface area (Å²) in [5.41, 5.74) is 4.19. The van der Waals surface area contributed by atoms with Gasteiger partial charge in [0.2, 0.25) is 6.54 Å². The number of hydrogen-bond donors (Lipinski definition) is 1. The molecule has 0 fully saturated rings. The summed E-state index contributed by atoms with van der Waals surface area (Å²) in [6, 6.07) is 12.9. The molecule has 1 amide bonds. The summed E-state index contributed by atoms with van der Waals surface area (Å²) in [5, 5.41) is 4.75. The third-order valence-electron chi connectivity index (χ3n) is 2.71. The van der Waals surface area contributed by atoms with Gasteiger partial charge in [-0.3, -0.25) is 4.79 Å². The Morgan fingerprint density at radius 3 is 2.50 bits per heavy atom. The van der Waals surface area contributed by atoms with Crippen LogP contribution in [-0.2, 0) is 11.3 Å². The zero-order valence-electron chi connectivity index (χ0n) is 11.1. The molecule has 2 rings (SSSR count). The standard InChI is InChI=1S/C15H14ClN3O/c1-12(13-5-7-14(16)8-6-13)17-18-15(20)11-19-9-3-2-4-10-19/h2-10H,11H2,1H3/p+1. The molecule has 2 aromatic rings. The predicted molar refractivity (Wildman–Crippen MR) is 78.4 cm³/mol. The first kappa shape index (κ1) is 14.2. The molecule has 0 aliphatic carbocycles. The Bertz CT molecular complexity index is 609. The van der Waals surface area contributed by atoms with Crippen molar-refractivity contribution in [2.45, 2.75) is 13.5 Å². The molecular formula is C15H15ClN3O+. The maximum Gasteiger partial charge on any atom is 0.305 e. The van der Waals surface area contributed by atoms with E-state index in [4.69, 9.17) is 11.6 Å². The third-order valence-corrected chi connectivity index (χ3v) is 2.97. The van der Waals surface area contributed by atoms with Gasteiger partial charge in [0.15, 0.2) is 12.4 Å². The van der Waals surface area contributed by atoms with Crippen molar-refractivity contribution in [3.63, 3.8) is 0 Å².